The molecule has 182 valence electrons. The summed E-state index contributed by atoms with van der Waals surface area (Å²) in [6, 6.07) is 18.9. The van der Waals surface area contributed by atoms with Gasteiger partial charge < -0.3 is 15.0 Å². The third kappa shape index (κ3) is 4.85. The molecule has 1 fully saturated rings. The second kappa shape index (κ2) is 9.78. The molecule has 0 spiro atoms. The van der Waals surface area contributed by atoms with E-state index >= 15 is 0 Å². The number of carbonyl (C=O) groups excluding carboxylic acids is 3. The molecule has 1 saturated heterocycles. The number of imide groups is 1. The van der Waals surface area contributed by atoms with Gasteiger partial charge in [-0.05, 0) is 59.0 Å². The molecule has 1 aliphatic heterocycles. The number of aryl methyl sites for hydroxylation is 1. The van der Waals surface area contributed by atoms with Gasteiger partial charge >= 0.3 is 6.03 Å². The van der Waals surface area contributed by atoms with E-state index < -0.39 is 17.5 Å². The molecule has 0 radical (unpaired) electrons. The van der Waals surface area contributed by atoms with Crippen LogP contribution in [0.2, 0.25) is 0 Å². The average molecular weight is 474 g/mol. The van der Waals surface area contributed by atoms with E-state index in [1.54, 1.807) is 21.1 Å². The molecule has 1 heterocycles. The van der Waals surface area contributed by atoms with Gasteiger partial charge in [0.2, 0.25) is 5.91 Å². The fourth-order valence-corrected chi connectivity index (χ4v) is 4.45. The smallest absolute Gasteiger partial charge is 0.325 e. The van der Waals surface area contributed by atoms with Gasteiger partial charge in [-0.3, -0.25) is 14.5 Å². The molecule has 4 rings (SSSR count). The fourth-order valence-electron chi connectivity index (χ4n) is 4.45. The van der Waals surface area contributed by atoms with Crippen LogP contribution in [0.25, 0.3) is 10.8 Å². The standard InChI is InChI=1S/C28H31N3O4/c1-5-6-19-8-12-23(13-9-19)28(2)26(33)31(27(34)29-28)18-25(32)30(3)17-20-7-10-22-16-24(35-4)14-11-21(22)15-20/h7-16H,5-6,17-18H2,1-4H3,(H,29,34). The van der Waals surface area contributed by atoms with Crippen molar-refractivity contribution in [3.63, 3.8) is 0 Å². The number of carbonyl (C=O) groups is 3. The summed E-state index contributed by atoms with van der Waals surface area (Å²) < 4.78 is 5.27. The number of rotatable bonds is 8. The predicted molar refractivity (Wildman–Crippen MR) is 135 cm³/mol. The molecule has 7 heteroatoms. The van der Waals surface area contributed by atoms with Crippen LogP contribution >= 0.6 is 0 Å². The number of likely N-dealkylation sites (N-methyl/N-ethyl adjacent to an activating group) is 1. The summed E-state index contributed by atoms with van der Waals surface area (Å²) >= 11 is 0. The van der Waals surface area contributed by atoms with E-state index in [2.05, 4.69) is 12.2 Å². The molecule has 1 N–H and O–H groups in total. The topological polar surface area (TPSA) is 79.0 Å². The largest absolute Gasteiger partial charge is 0.497 e. The minimum Gasteiger partial charge on any atom is -0.497 e. The maximum absolute atomic E-state index is 13.2. The molecule has 0 aromatic heterocycles. The number of amides is 4. The summed E-state index contributed by atoms with van der Waals surface area (Å²) in [7, 11) is 3.30. The Bertz CT molecular complexity index is 1270. The molecular formula is C28H31N3O4. The average Bonchev–Trinajstić information content (AvgIpc) is 3.07. The van der Waals surface area contributed by atoms with Crippen LogP contribution in [0.15, 0.2) is 60.7 Å². The number of ether oxygens (including phenoxy) is 1. The lowest BCUT2D eigenvalue weighted by atomic mass is 9.91. The zero-order valence-corrected chi connectivity index (χ0v) is 20.6. The summed E-state index contributed by atoms with van der Waals surface area (Å²) in [4.78, 5) is 41.4. The Morgan fingerprint density at radius 3 is 2.34 bits per heavy atom. The maximum atomic E-state index is 13.2. The molecule has 35 heavy (non-hydrogen) atoms. The normalized spacial score (nSPS) is 17.5. The maximum Gasteiger partial charge on any atom is 0.325 e. The minimum atomic E-state index is -1.19. The number of hydrogen-bond donors (Lipinski definition) is 1. The van der Waals surface area contributed by atoms with E-state index in [0.29, 0.717) is 12.1 Å². The van der Waals surface area contributed by atoms with Gasteiger partial charge in [0.15, 0.2) is 0 Å². The van der Waals surface area contributed by atoms with E-state index in [1.807, 2.05) is 60.7 Å². The van der Waals surface area contributed by atoms with Gasteiger partial charge in [0.25, 0.3) is 5.91 Å². The van der Waals surface area contributed by atoms with Gasteiger partial charge in [-0.15, -0.1) is 0 Å². The highest BCUT2D eigenvalue weighted by atomic mass is 16.5. The van der Waals surface area contributed by atoms with Crippen LogP contribution < -0.4 is 10.1 Å². The lowest BCUT2D eigenvalue weighted by molar-refractivity contribution is -0.138. The zero-order chi connectivity index (χ0) is 25.2. The van der Waals surface area contributed by atoms with Crippen molar-refractivity contribution < 1.29 is 19.1 Å². The van der Waals surface area contributed by atoms with Crippen LogP contribution in [0, 0.1) is 0 Å². The number of nitrogens with one attached hydrogen (secondary N) is 1. The SMILES string of the molecule is CCCc1ccc(C2(C)NC(=O)N(CC(=O)N(C)Cc3ccc4cc(OC)ccc4c3)C2=O)cc1. The van der Waals surface area contributed by atoms with Crippen molar-refractivity contribution in [2.24, 2.45) is 0 Å². The monoisotopic (exact) mass is 473 g/mol. The van der Waals surface area contributed by atoms with Gasteiger partial charge in [-0.1, -0.05) is 55.8 Å². The van der Waals surface area contributed by atoms with Crippen molar-refractivity contribution in [2.45, 2.75) is 38.8 Å². The molecule has 3 aromatic carbocycles. The van der Waals surface area contributed by atoms with Crippen molar-refractivity contribution >= 4 is 28.6 Å². The van der Waals surface area contributed by atoms with E-state index in [1.165, 1.54) is 10.5 Å². The molecule has 0 aliphatic carbocycles. The first kappa shape index (κ1) is 24.3. The van der Waals surface area contributed by atoms with E-state index in [4.69, 9.17) is 4.74 Å². The summed E-state index contributed by atoms with van der Waals surface area (Å²) in [5.74, 6) is 0.0491. The molecular weight excluding hydrogens is 442 g/mol. The lowest BCUT2D eigenvalue weighted by Gasteiger charge is -2.23. The number of nitrogens with zero attached hydrogens (tertiary/aromatic N) is 2. The molecule has 7 nitrogen and oxygen atoms in total. The van der Waals surface area contributed by atoms with E-state index in [0.717, 1.165) is 39.8 Å². The van der Waals surface area contributed by atoms with Crippen molar-refractivity contribution in [3.8, 4) is 5.75 Å². The summed E-state index contributed by atoms with van der Waals surface area (Å²) in [5.41, 5.74) is 1.64. The molecule has 0 saturated carbocycles. The highest BCUT2D eigenvalue weighted by Crippen LogP contribution is 2.29. The molecule has 0 bridgehead atoms. The first-order chi connectivity index (χ1) is 16.7. The van der Waals surface area contributed by atoms with Crippen molar-refractivity contribution in [2.75, 3.05) is 20.7 Å². The molecule has 1 aliphatic rings. The number of methoxy groups -OCH3 is 1. The van der Waals surface area contributed by atoms with Crippen LogP contribution in [0.3, 0.4) is 0 Å². The molecule has 1 unspecified atom stereocenters. The van der Waals surface area contributed by atoms with Gasteiger partial charge in [0.1, 0.15) is 17.8 Å². The second-order valence-electron chi connectivity index (χ2n) is 9.19. The predicted octanol–water partition coefficient (Wildman–Crippen LogP) is 4.23. The highest BCUT2D eigenvalue weighted by molar-refractivity contribution is 6.09. The number of benzene rings is 3. The number of fused-ring (bicyclic) bond motifs is 1. The lowest BCUT2D eigenvalue weighted by Crippen LogP contribution is -2.43. The van der Waals surface area contributed by atoms with Gasteiger partial charge in [0, 0.05) is 13.6 Å². The van der Waals surface area contributed by atoms with Gasteiger partial charge in [-0.2, -0.15) is 0 Å². The molecule has 3 aromatic rings. The Balaban J connectivity index is 1.43. The Labute approximate surface area is 205 Å². The first-order valence-electron chi connectivity index (χ1n) is 11.8. The second-order valence-corrected chi connectivity index (χ2v) is 9.19. The van der Waals surface area contributed by atoms with E-state index in [9.17, 15) is 14.4 Å². The summed E-state index contributed by atoms with van der Waals surface area (Å²) in [6.07, 6.45) is 1.99. The van der Waals surface area contributed by atoms with Crippen molar-refractivity contribution in [3.05, 3.63) is 77.4 Å². The molecule has 1 atom stereocenters. The number of urea groups is 1. The summed E-state index contributed by atoms with van der Waals surface area (Å²) in [6.45, 7) is 3.84. The highest BCUT2D eigenvalue weighted by Gasteiger charge is 2.49. The Kier molecular flexibility index (Phi) is 6.78. The molecule has 4 amide bonds. The Morgan fingerprint density at radius 2 is 1.66 bits per heavy atom. The first-order valence-corrected chi connectivity index (χ1v) is 11.8. The van der Waals surface area contributed by atoms with Crippen molar-refractivity contribution in [1.82, 2.24) is 15.1 Å². The quantitative estimate of drug-likeness (QED) is 0.497. The van der Waals surface area contributed by atoms with Crippen LogP contribution in [-0.2, 0) is 28.1 Å². The minimum absolute atomic E-state index is 0.310. The summed E-state index contributed by atoms with van der Waals surface area (Å²) in [5, 5.41) is 4.86. The van der Waals surface area contributed by atoms with Crippen LogP contribution in [0.1, 0.15) is 37.0 Å². The fraction of sp³-hybridized carbons (Fsp3) is 0.321. The van der Waals surface area contributed by atoms with Crippen LogP contribution in [-0.4, -0.2) is 48.3 Å². The van der Waals surface area contributed by atoms with Gasteiger partial charge in [-0.25, -0.2) is 4.79 Å². The zero-order valence-electron chi connectivity index (χ0n) is 20.6. The number of hydrogen-bond acceptors (Lipinski definition) is 4. The van der Waals surface area contributed by atoms with Crippen LogP contribution in [0.5, 0.6) is 5.75 Å². The van der Waals surface area contributed by atoms with E-state index in [-0.39, 0.29) is 12.5 Å². The van der Waals surface area contributed by atoms with Crippen molar-refractivity contribution in [1.29, 1.82) is 0 Å². The Hall–Kier alpha value is -3.87. The van der Waals surface area contributed by atoms with Crippen LogP contribution in [0.4, 0.5) is 4.79 Å². The van der Waals surface area contributed by atoms with Gasteiger partial charge in [0.05, 0.1) is 7.11 Å². The Morgan fingerprint density at radius 1 is 1.00 bits per heavy atom. The third-order valence-electron chi connectivity index (χ3n) is 6.60. The third-order valence-corrected chi connectivity index (χ3v) is 6.60.